The third-order valence-corrected chi connectivity index (χ3v) is 5.98. The van der Waals surface area contributed by atoms with Gasteiger partial charge in [0.1, 0.15) is 5.75 Å². The zero-order valence-electron chi connectivity index (χ0n) is 15.3. The number of anilines is 2. The molecule has 0 aliphatic heterocycles. The van der Waals surface area contributed by atoms with E-state index in [9.17, 15) is 13.2 Å². The van der Waals surface area contributed by atoms with E-state index < -0.39 is 10.0 Å². The fraction of sp³-hybridized carbons (Fsp3) is 0.158. The summed E-state index contributed by atoms with van der Waals surface area (Å²) in [5.41, 5.74) is 2.47. The van der Waals surface area contributed by atoms with E-state index in [4.69, 9.17) is 4.74 Å². The molecule has 3 rings (SSSR count). The minimum atomic E-state index is -3.72. The van der Waals surface area contributed by atoms with Crippen molar-refractivity contribution in [3.63, 3.8) is 0 Å². The van der Waals surface area contributed by atoms with Crippen molar-refractivity contribution in [3.05, 3.63) is 65.2 Å². The number of hydrogen-bond donors (Lipinski definition) is 2. The highest BCUT2D eigenvalue weighted by Crippen LogP contribution is 2.21. The van der Waals surface area contributed by atoms with Gasteiger partial charge in [0, 0.05) is 17.3 Å². The predicted octanol–water partition coefficient (Wildman–Crippen LogP) is 3.58. The number of aromatic nitrogens is 1. The first-order valence-electron chi connectivity index (χ1n) is 8.36. The van der Waals surface area contributed by atoms with E-state index in [1.54, 1.807) is 5.38 Å². The van der Waals surface area contributed by atoms with E-state index in [2.05, 4.69) is 15.0 Å². The van der Waals surface area contributed by atoms with Gasteiger partial charge in [-0.3, -0.25) is 9.52 Å². The normalized spacial score (nSPS) is 11.1. The molecule has 3 aromatic rings. The van der Waals surface area contributed by atoms with Crippen molar-refractivity contribution < 1.29 is 17.9 Å². The molecule has 0 saturated heterocycles. The lowest BCUT2D eigenvalue weighted by molar-refractivity contribution is -0.118. The molecule has 0 saturated carbocycles. The molecule has 1 aromatic heterocycles. The van der Waals surface area contributed by atoms with Gasteiger partial charge in [-0.1, -0.05) is 12.1 Å². The predicted molar refractivity (Wildman–Crippen MR) is 109 cm³/mol. The van der Waals surface area contributed by atoms with E-state index in [0.717, 1.165) is 11.1 Å². The smallest absolute Gasteiger partial charge is 0.263 e. The Morgan fingerprint density at radius 2 is 1.89 bits per heavy atom. The second-order valence-electron chi connectivity index (χ2n) is 6.07. The molecule has 0 bridgehead atoms. The Labute approximate surface area is 167 Å². The number of amides is 1. The Kier molecular flexibility index (Phi) is 5.96. The molecule has 2 aromatic carbocycles. The molecule has 9 heteroatoms. The van der Waals surface area contributed by atoms with Crippen LogP contribution in [0.1, 0.15) is 11.1 Å². The van der Waals surface area contributed by atoms with Crippen LogP contribution < -0.4 is 14.8 Å². The lowest BCUT2D eigenvalue weighted by Crippen LogP contribution is -2.20. The van der Waals surface area contributed by atoms with Gasteiger partial charge >= 0.3 is 0 Å². The van der Waals surface area contributed by atoms with Crippen molar-refractivity contribution in [2.24, 2.45) is 0 Å². The minimum Gasteiger partial charge on any atom is -0.483 e. The topological polar surface area (TPSA) is 97.4 Å². The summed E-state index contributed by atoms with van der Waals surface area (Å²) in [6, 6.07) is 11.6. The summed E-state index contributed by atoms with van der Waals surface area (Å²) in [7, 11) is -3.72. The van der Waals surface area contributed by atoms with E-state index in [0.29, 0.717) is 16.6 Å². The van der Waals surface area contributed by atoms with Gasteiger partial charge in [-0.2, -0.15) is 0 Å². The van der Waals surface area contributed by atoms with Gasteiger partial charge in [-0.15, -0.1) is 11.3 Å². The highest BCUT2D eigenvalue weighted by molar-refractivity contribution is 7.93. The highest BCUT2D eigenvalue weighted by Gasteiger charge is 2.15. The van der Waals surface area contributed by atoms with E-state index in [1.165, 1.54) is 41.8 Å². The molecular formula is C19H19N3O4S2. The number of nitrogens with zero attached hydrogens (tertiary/aromatic N) is 1. The molecule has 146 valence electrons. The standard InChI is InChI=1S/C19H19N3O4S2/c1-13-3-4-14(2)17(11-13)26-12-18(23)21-15-5-7-16(8-6-15)28(24,25)22-19-20-9-10-27-19/h3-11H,12H2,1-2H3,(H,20,22)(H,21,23). The first kappa shape index (κ1) is 19.8. The Bertz CT molecular complexity index is 1060. The minimum absolute atomic E-state index is 0.0762. The Morgan fingerprint density at radius 3 is 2.57 bits per heavy atom. The molecule has 0 radical (unpaired) electrons. The molecular weight excluding hydrogens is 398 g/mol. The number of hydrogen-bond acceptors (Lipinski definition) is 6. The van der Waals surface area contributed by atoms with Crippen LogP contribution >= 0.6 is 11.3 Å². The van der Waals surface area contributed by atoms with Crippen LogP contribution in [-0.4, -0.2) is 25.9 Å². The Balaban J connectivity index is 1.59. The summed E-state index contributed by atoms with van der Waals surface area (Å²) in [4.78, 5) is 16.1. The maximum absolute atomic E-state index is 12.3. The number of ether oxygens (including phenoxy) is 1. The summed E-state index contributed by atoms with van der Waals surface area (Å²) in [6.45, 7) is 3.72. The summed E-state index contributed by atoms with van der Waals surface area (Å²) in [5.74, 6) is 0.322. The quantitative estimate of drug-likeness (QED) is 0.612. The zero-order chi connectivity index (χ0) is 20.1. The lowest BCUT2D eigenvalue weighted by Gasteiger charge is -2.11. The summed E-state index contributed by atoms with van der Waals surface area (Å²) in [6.07, 6.45) is 1.52. The number of benzene rings is 2. The van der Waals surface area contributed by atoms with Crippen LogP contribution in [0, 0.1) is 13.8 Å². The average molecular weight is 418 g/mol. The van der Waals surface area contributed by atoms with Crippen LogP contribution in [0.15, 0.2) is 58.9 Å². The van der Waals surface area contributed by atoms with E-state index >= 15 is 0 Å². The molecule has 0 aliphatic carbocycles. The number of aryl methyl sites for hydroxylation is 2. The molecule has 1 heterocycles. The second kappa shape index (κ2) is 8.41. The fourth-order valence-corrected chi connectivity index (χ4v) is 4.16. The van der Waals surface area contributed by atoms with Crippen LogP contribution in [0.4, 0.5) is 10.8 Å². The van der Waals surface area contributed by atoms with Gasteiger partial charge in [0.25, 0.3) is 15.9 Å². The first-order chi connectivity index (χ1) is 13.3. The maximum Gasteiger partial charge on any atom is 0.263 e. The molecule has 0 unspecified atom stereocenters. The first-order valence-corrected chi connectivity index (χ1v) is 10.7. The van der Waals surface area contributed by atoms with Gasteiger partial charge in [0.15, 0.2) is 11.7 Å². The third kappa shape index (κ3) is 5.08. The second-order valence-corrected chi connectivity index (χ2v) is 8.65. The number of rotatable bonds is 7. The van der Waals surface area contributed by atoms with Crippen LogP contribution in [0.2, 0.25) is 0 Å². The van der Waals surface area contributed by atoms with Crippen molar-refractivity contribution in [1.29, 1.82) is 0 Å². The maximum atomic E-state index is 12.3. The monoisotopic (exact) mass is 417 g/mol. The summed E-state index contributed by atoms with van der Waals surface area (Å²) < 4.78 is 32.6. The molecule has 0 aliphatic rings. The Hall–Kier alpha value is -2.91. The zero-order valence-corrected chi connectivity index (χ0v) is 16.9. The van der Waals surface area contributed by atoms with Gasteiger partial charge in [-0.05, 0) is 55.3 Å². The number of carbonyl (C=O) groups excluding carboxylic acids is 1. The highest BCUT2D eigenvalue weighted by atomic mass is 32.2. The fourth-order valence-electron chi connectivity index (χ4n) is 2.37. The molecule has 0 fully saturated rings. The van der Waals surface area contributed by atoms with Crippen molar-refractivity contribution in [1.82, 2.24) is 4.98 Å². The lowest BCUT2D eigenvalue weighted by atomic mass is 10.1. The van der Waals surface area contributed by atoms with Gasteiger partial charge in [-0.25, -0.2) is 13.4 Å². The van der Waals surface area contributed by atoms with E-state index in [-0.39, 0.29) is 17.4 Å². The van der Waals surface area contributed by atoms with Crippen LogP contribution in [-0.2, 0) is 14.8 Å². The molecule has 7 nitrogen and oxygen atoms in total. The summed E-state index contributed by atoms with van der Waals surface area (Å²) in [5, 5.41) is 4.65. The molecule has 1 amide bonds. The molecule has 0 atom stereocenters. The molecule has 2 N–H and O–H groups in total. The van der Waals surface area contributed by atoms with Crippen molar-refractivity contribution in [2.45, 2.75) is 18.7 Å². The van der Waals surface area contributed by atoms with Crippen LogP contribution in [0.3, 0.4) is 0 Å². The number of thiazole rings is 1. The number of nitrogens with one attached hydrogen (secondary N) is 2. The van der Waals surface area contributed by atoms with Crippen molar-refractivity contribution >= 4 is 38.1 Å². The molecule has 0 spiro atoms. The Morgan fingerprint density at radius 1 is 1.14 bits per heavy atom. The van der Waals surface area contributed by atoms with Crippen molar-refractivity contribution in [3.8, 4) is 5.75 Å². The summed E-state index contributed by atoms with van der Waals surface area (Å²) >= 11 is 1.19. The van der Waals surface area contributed by atoms with Gasteiger partial charge in [0.05, 0.1) is 4.90 Å². The number of sulfonamides is 1. The number of carbonyl (C=O) groups is 1. The van der Waals surface area contributed by atoms with Crippen molar-refractivity contribution in [2.75, 3.05) is 16.6 Å². The van der Waals surface area contributed by atoms with E-state index in [1.807, 2.05) is 32.0 Å². The SMILES string of the molecule is Cc1ccc(C)c(OCC(=O)Nc2ccc(S(=O)(=O)Nc3nccs3)cc2)c1. The molecule has 28 heavy (non-hydrogen) atoms. The van der Waals surface area contributed by atoms with Gasteiger partial charge < -0.3 is 10.1 Å². The third-order valence-electron chi connectivity index (χ3n) is 3.80. The van der Waals surface area contributed by atoms with Crippen LogP contribution in [0.25, 0.3) is 0 Å². The van der Waals surface area contributed by atoms with Gasteiger partial charge in [0.2, 0.25) is 0 Å². The van der Waals surface area contributed by atoms with Crippen LogP contribution in [0.5, 0.6) is 5.75 Å². The average Bonchev–Trinajstić information content (AvgIpc) is 3.15. The largest absolute Gasteiger partial charge is 0.483 e.